The molecule has 1 rings (SSSR count). The molecular formula is C12H14ClN3O3S. The van der Waals surface area contributed by atoms with Gasteiger partial charge in [0.25, 0.3) is 0 Å². The van der Waals surface area contributed by atoms with Crippen LogP contribution < -0.4 is 0 Å². The van der Waals surface area contributed by atoms with E-state index in [0.29, 0.717) is 0 Å². The molecule has 108 valence electrons. The highest BCUT2D eigenvalue weighted by atomic mass is 35.5. The van der Waals surface area contributed by atoms with Crippen molar-refractivity contribution in [1.82, 2.24) is 9.21 Å². The predicted molar refractivity (Wildman–Crippen MR) is 74.7 cm³/mol. The number of hydrogen-bond acceptors (Lipinski definition) is 4. The number of halogens is 1. The van der Waals surface area contributed by atoms with Crippen molar-refractivity contribution in [1.29, 1.82) is 5.26 Å². The van der Waals surface area contributed by atoms with Crippen LogP contribution in [0.1, 0.15) is 5.56 Å². The van der Waals surface area contributed by atoms with Crippen LogP contribution in [0.3, 0.4) is 0 Å². The first-order valence-corrected chi connectivity index (χ1v) is 7.38. The Bertz CT molecular complexity index is 665. The van der Waals surface area contributed by atoms with Crippen LogP contribution in [0, 0.1) is 11.3 Å². The molecule has 8 heteroatoms. The number of nitrogens with zero attached hydrogens (tertiary/aromatic N) is 3. The van der Waals surface area contributed by atoms with Crippen molar-refractivity contribution in [2.24, 2.45) is 0 Å². The molecule has 0 unspecified atom stereocenters. The van der Waals surface area contributed by atoms with E-state index in [2.05, 4.69) is 0 Å². The van der Waals surface area contributed by atoms with Gasteiger partial charge >= 0.3 is 0 Å². The summed E-state index contributed by atoms with van der Waals surface area (Å²) >= 11 is 5.77. The molecule has 0 aromatic heterocycles. The summed E-state index contributed by atoms with van der Waals surface area (Å²) in [4.78, 5) is 12.7. The Morgan fingerprint density at radius 1 is 1.35 bits per heavy atom. The Morgan fingerprint density at radius 2 is 1.95 bits per heavy atom. The number of carbonyl (C=O) groups is 1. The Hall–Kier alpha value is -1.62. The highest BCUT2D eigenvalue weighted by Gasteiger charge is 2.26. The van der Waals surface area contributed by atoms with Gasteiger partial charge in [0, 0.05) is 26.2 Å². The summed E-state index contributed by atoms with van der Waals surface area (Å²) in [6, 6.07) is 5.77. The van der Waals surface area contributed by atoms with Gasteiger partial charge in [-0.05, 0) is 18.2 Å². The van der Waals surface area contributed by atoms with Crippen molar-refractivity contribution in [3.05, 3.63) is 28.8 Å². The quantitative estimate of drug-likeness (QED) is 0.827. The topological polar surface area (TPSA) is 81.5 Å². The van der Waals surface area contributed by atoms with E-state index < -0.39 is 10.0 Å². The van der Waals surface area contributed by atoms with E-state index in [0.717, 1.165) is 4.31 Å². The van der Waals surface area contributed by atoms with Crippen LogP contribution in [-0.2, 0) is 14.8 Å². The predicted octanol–water partition coefficient (Wildman–Crippen LogP) is 0.920. The molecule has 0 radical (unpaired) electrons. The van der Waals surface area contributed by atoms with Gasteiger partial charge in [-0.3, -0.25) is 4.79 Å². The Balaban J connectivity index is 3.21. The van der Waals surface area contributed by atoms with E-state index in [1.165, 1.54) is 44.2 Å². The molecule has 1 aromatic carbocycles. The molecule has 0 saturated heterocycles. The molecule has 0 spiro atoms. The van der Waals surface area contributed by atoms with Crippen molar-refractivity contribution in [3.8, 4) is 6.07 Å². The monoisotopic (exact) mass is 315 g/mol. The second-order valence-corrected chi connectivity index (χ2v) is 6.75. The second-order valence-electron chi connectivity index (χ2n) is 4.30. The highest BCUT2D eigenvalue weighted by Crippen LogP contribution is 2.23. The molecule has 0 heterocycles. The summed E-state index contributed by atoms with van der Waals surface area (Å²) in [6.07, 6.45) is 0. The van der Waals surface area contributed by atoms with Crippen molar-refractivity contribution in [2.75, 3.05) is 27.7 Å². The maximum absolute atomic E-state index is 12.4. The number of likely N-dealkylation sites (N-methyl/N-ethyl adjacent to an activating group) is 2. The molecule has 0 fully saturated rings. The zero-order valence-corrected chi connectivity index (χ0v) is 12.9. The molecule has 20 heavy (non-hydrogen) atoms. The normalized spacial score (nSPS) is 11.2. The molecule has 1 aromatic rings. The lowest BCUT2D eigenvalue weighted by Gasteiger charge is -2.19. The van der Waals surface area contributed by atoms with Gasteiger partial charge in [0.1, 0.15) is 11.0 Å². The largest absolute Gasteiger partial charge is 0.348 e. The minimum Gasteiger partial charge on any atom is -0.348 e. The lowest BCUT2D eigenvalue weighted by atomic mass is 10.2. The maximum atomic E-state index is 12.4. The van der Waals surface area contributed by atoms with Gasteiger partial charge in [-0.1, -0.05) is 11.6 Å². The van der Waals surface area contributed by atoms with Gasteiger partial charge in [-0.15, -0.1) is 0 Å². The number of nitriles is 1. The smallest absolute Gasteiger partial charge is 0.244 e. The lowest BCUT2D eigenvalue weighted by Crippen LogP contribution is -2.38. The number of benzene rings is 1. The average molecular weight is 316 g/mol. The Labute approximate surface area is 123 Å². The maximum Gasteiger partial charge on any atom is 0.244 e. The van der Waals surface area contributed by atoms with E-state index in [4.69, 9.17) is 16.9 Å². The minimum atomic E-state index is -3.95. The molecule has 0 N–H and O–H groups in total. The minimum absolute atomic E-state index is 0.0152. The molecule has 0 saturated carbocycles. The summed E-state index contributed by atoms with van der Waals surface area (Å²) in [7, 11) is 0.384. The van der Waals surface area contributed by atoms with Gasteiger partial charge in [0.05, 0.1) is 12.1 Å². The van der Waals surface area contributed by atoms with Gasteiger partial charge in [-0.2, -0.15) is 9.57 Å². The summed E-state index contributed by atoms with van der Waals surface area (Å²) in [5.41, 5.74) is -0.0152. The van der Waals surface area contributed by atoms with Crippen LogP contribution in [0.25, 0.3) is 0 Å². The summed E-state index contributed by atoms with van der Waals surface area (Å²) < 4.78 is 25.6. The second kappa shape index (κ2) is 6.22. The lowest BCUT2D eigenvalue weighted by molar-refractivity contribution is -0.128. The summed E-state index contributed by atoms with van der Waals surface area (Å²) in [5, 5.41) is 9.18. The number of carbonyl (C=O) groups excluding carboxylic acids is 1. The van der Waals surface area contributed by atoms with E-state index in [1.807, 2.05) is 0 Å². The molecule has 0 atom stereocenters. The molecule has 0 aliphatic heterocycles. The van der Waals surface area contributed by atoms with Gasteiger partial charge in [0.2, 0.25) is 15.9 Å². The third kappa shape index (κ3) is 3.48. The van der Waals surface area contributed by atoms with E-state index in [-0.39, 0.29) is 27.9 Å². The van der Waals surface area contributed by atoms with Crippen molar-refractivity contribution >= 4 is 27.5 Å². The number of rotatable bonds is 4. The molecule has 0 aliphatic carbocycles. The summed E-state index contributed by atoms with van der Waals surface area (Å²) in [5.74, 6) is -0.364. The van der Waals surface area contributed by atoms with Crippen LogP contribution in [0.4, 0.5) is 0 Å². The van der Waals surface area contributed by atoms with Crippen molar-refractivity contribution in [2.45, 2.75) is 4.90 Å². The van der Waals surface area contributed by atoms with Crippen LogP contribution in [0.2, 0.25) is 5.02 Å². The van der Waals surface area contributed by atoms with Crippen LogP contribution in [0.15, 0.2) is 23.1 Å². The Morgan fingerprint density at radius 3 is 2.45 bits per heavy atom. The first-order valence-electron chi connectivity index (χ1n) is 5.56. The molecule has 0 bridgehead atoms. The van der Waals surface area contributed by atoms with Crippen LogP contribution in [-0.4, -0.2) is 51.2 Å². The fraction of sp³-hybridized carbons (Fsp3) is 0.333. The third-order valence-corrected chi connectivity index (χ3v) is 4.69. The van der Waals surface area contributed by atoms with Gasteiger partial charge in [0.15, 0.2) is 0 Å². The SMILES string of the molecule is CN(C)C(=O)CN(C)S(=O)(=O)c1cc(Cl)ccc1C#N. The van der Waals surface area contributed by atoms with Gasteiger partial charge in [-0.25, -0.2) is 8.42 Å². The number of hydrogen-bond donors (Lipinski definition) is 0. The van der Waals surface area contributed by atoms with Crippen LogP contribution in [0.5, 0.6) is 0 Å². The fourth-order valence-electron chi connectivity index (χ4n) is 1.39. The highest BCUT2D eigenvalue weighted by molar-refractivity contribution is 7.89. The number of amides is 1. The van der Waals surface area contributed by atoms with Crippen molar-refractivity contribution < 1.29 is 13.2 Å². The average Bonchev–Trinajstić information content (AvgIpc) is 2.38. The van der Waals surface area contributed by atoms with Gasteiger partial charge < -0.3 is 4.90 Å². The standard InChI is InChI=1S/C12H14ClN3O3S/c1-15(2)12(17)8-16(3)20(18,19)11-6-10(13)5-4-9(11)7-14/h4-6H,8H2,1-3H3. The third-order valence-electron chi connectivity index (χ3n) is 2.61. The molecule has 0 aliphatic rings. The fourth-order valence-corrected chi connectivity index (χ4v) is 2.91. The van der Waals surface area contributed by atoms with E-state index >= 15 is 0 Å². The summed E-state index contributed by atoms with van der Waals surface area (Å²) in [6.45, 7) is -0.313. The Kier molecular flexibility index (Phi) is 5.11. The molecule has 6 nitrogen and oxygen atoms in total. The first kappa shape index (κ1) is 16.4. The zero-order chi connectivity index (χ0) is 15.5. The van der Waals surface area contributed by atoms with Crippen LogP contribution >= 0.6 is 11.6 Å². The van der Waals surface area contributed by atoms with E-state index in [1.54, 1.807) is 6.07 Å². The first-order chi connectivity index (χ1) is 9.20. The van der Waals surface area contributed by atoms with Crippen molar-refractivity contribution in [3.63, 3.8) is 0 Å². The zero-order valence-electron chi connectivity index (χ0n) is 11.3. The number of sulfonamides is 1. The molecule has 1 amide bonds. The van der Waals surface area contributed by atoms with E-state index in [9.17, 15) is 13.2 Å². The molecular weight excluding hydrogens is 302 g/mol.